The van der Waals surface area contributed by atoms with E-state index >= 15 is 0 Å². The van der Waals surface area contributed by atoms with Gasteiger partial charge in [0.25, 0.3) is 5.91 Å². The number of amides is 1. The molecular weight excluding hydrogens is 266 g/mol. The van der Waals surface area contributed by atoms with E-state index in [-0.39, 0.29) is 5.91 Å². The Labute approximate surface area is 123 Å². The van der Waals surface area contributed by atoms with Gasteiger partial charge in [0.1, 0.15) is 18.0 Å². The molecule has 3 heterocycles. The molecule has 21 heavy (non-hydrogen) atoms. The average Bonchev–Trinajstić information content (AvgIpc) is 2.53. The number of anilines is 1. The van der Waals surface area contributed by atoms with Crippen molar-refractivity contribution in [3.63, 3.8) is 0 Å². The van der Waals surface area contributed by atoms with Crippen LogP contribution in [0.2, 0.25) is 0 Å². The van der Waals surface area contributed by atoms with Crippen LogP contribution in [-0.2, 0) is 0 Å². The molecule has 0 radical (unpaired) electrons. The van der Waals surface area contributed by atoms with Gasteiger partial charge in [-0.2, -0.15) is 0 Å². The Hall–Kier alpha value is -2.43. The van der Waals surface area contributed by atoms with Gasteiger partial charge in [-0.05, 0) is 18.1 Å². The Bertz CT molecular complexity index is 653. The molecule has 0 fully saturated rings. The third kappa shape index (κ3) is 2.59. The number of hydrogen-bond donors (Lipinski definition) is 0. The van der Waals surface area contributed by atoms with Crippen LogP contribution in [-0.4, -0.2) is 29.0 Å². The summed E-state index contributed by atoms with van der Waals surface area (Å²) < 4.78 is 5.54. The molecule has 5 nitrogen and oxygen atoms in total. The number of ether oxygens (including phenoxy) is 1. The second-order valence-corrected chi connectivity index (χ2v) is 5.28. The number of pyridine rings is 2. The first-order valence-electron chi connectivity index (χ1n) is 7.01. The number of hydrogen-bond acceptors (Lipinski definition) is 4. The molecule has 0 aliphatic carbocycles. The number of fused-ring (bicyclic) bond motifs is 1. The molecule has 3 rings (SSSR count). The number of nitrogens with zero attached hydrogens (tertiary/aromatic N) is 3. The van der Waals surface area contributed by atoms with E-state index in [9.17, 15) is 4.79 Å². The minimum absolute atomic E-state index is 0.0737. The van der Waals surface area contributed by atoms with Gasteiger partial charge in [-0.15, -0.1) is 0 Å². The number of aromatic nitrogens is 2. The molecule has 1 aliphatic heterocycles. The summed E-state index contributed by atoms with van der Waals surface area (Å²) in [5.41, 5.74) is 2.27. The fraction of sp³-hybridized carbons (Fsp3) is 0.312. The maximum Gasteiger partial charge on any atom is 0.260 e. The van der Waals surface area contributed by atoms with Crippen LogP contribution in [0.1, 0.15) is 35.8 Å². The van der Waals surface area contributed by atoms with Crippen molar-refractivity contribution in [1.29, 1.82) is 0 Å². The van der Waals surface area contributed by atoms with Crippen LogP contribution >= 0.6 is 0 Å². The molecule has 0 N–H and O–H groups in total. The second kappa shape index (κ2) is 5.52. The fourth-order valence-electron chi connectivity index (χ4n) is 2.31. The van der Waals surface area contributed by atoms with Crippen molar-refractivity contribution in [1.82, 2.24) is 9.97 Å². The van der Waals surface area contributed by atoms with Crippen LogP contribution < -0.4 is 9.64 Å². The second-order valence-electron chi connectivity index (χ2n) is 5.28. The van der Waals surface area contributed by atoms with Crippen molar-refractivity contribution in [3.05, 3.63) is 48.0 Å². The molecule has 0 aromatic carbocycles. The Kier molecular flexibility index (Phi) is 3.56. The molecule has 0 atom stereocenters. The molecule has 0 saturated carbocycles. The van der Waals surface area contributed by atoms with Gasteiger partial charge in [0.15, 0.2) is 0 Å². The summed E-state index contributed by atoms with van der Waals surface area (Å²) in [6, 6.07) is 5.51. The van der Waals surface area contributed by atoms with Crippen molar-refractivity contribution < 1.29 is 9.53 Å². The van der Waals surface area contributed by atoms with Crippen molar-refractivity contribution >= 4 is 11.6 Å². The highest BCUT2D eigenvalue weighted by Crippen LogP contribution is 2.31. The lowest BCUT2D eigenvalue weighted by molar-refractivity contribution is 0.0976. The van der Waals surface area contributed by atoms with Gasteiger partial charge < -0.3 is 9.64 Å². The normalized spacial score (nSPS) is 13.8. The standard InChI is InChI=1S/C16H17N3O2/c1-11(2)13-4-3-12(9-18-13)16(20)19-7-8-21-15-5-6-17-10-14(15)19/h3-6,9-11H,7-8H2,1-2H3. The van der Waals surface area contributed by atoms with Crippen LogP contribution in [0, 0.1) is 0 Å². The SMILES string of the molecule is CC(C)c1ccc(C(=O)N2CCOc3ccncc32)cn1. The van der Waals surface area contributed by atoms with Crippen molar-refractivity contribution in [2.45, 2.75) is 19.8 Å². The van der Waals surface area contributed by atoms with E-state index in [2.05, 4.69) is 23.8 Å². The largest absolute Gasteiger partial charge is 0.489 e. The van der Waals surface area contributed by atoms with Crippen LogP contribution in [0.15, 0.2) is 36.8 Å². The first-order valence-corrected chi connectivity index (χ1v) is 7.01. The molecule has 1 aliphatic rings. The lowest BCUT2D eigenvalue weighted by Gasteiger charge is -2.29. The average molecular weight is 283 g/mol. The highest BCUT2D eigenvalue weighted by atomic mass is 16.5. The van der Waals surface area contributed by atoms with Crippen molar-refractivity contribution in [3.8, 4) is 5.75 Å². The lowest BCUT2D eigenvalue weighted by Crippen LogP contribution is -2.38. The highest BCUT2D eigenvalue weighted by molar-refractivity contribution is 6.06. The molecular formula is C16H17N3O2. The maximum atomic E-state index is 12.6. The minimum atomic E-state index is -0.0737. The van der Waals surface area contributed by atoms with Crippen LogP contribution in [0.5, 0.6) is 5.75 Å². The summed E-state index contributed by atoms with van der Waals surface area (Å²) in [6.07, 6.45) is 4.96. The van der Waals surface area contributed by atoms with E-state index in [4.69, 9.17) is 4.74 Å². The highest BCUT2D eigenvalue weighted by Gasteiger charge is 2.25. The van der Waals surface area contributed by atoms with Crippen molar-refractivity contribution in [2.24, 2.45) is 0 Å². The third-order valence-electron chi connectivity index (χ3n) is 3.49. The third-order valence-corrected chi connectivity index (χ3v) is 3.49. The number of rotatable bonds is 2. The molecule has 0 unspecified atom stereocenters. The lowest BCUT2D eigenvalue weighted by atomic mass is 10.1. The van der Waals surface area contributed by atoms with Gasteiger partial charge in [0, 0.05) is 24.2 Å². The predicted molar refractivity (Wildman–Crippen MR) is 79.7 cm³/mol. The van der Waals surface area contributed by atoms with Gasteiger partial charge in [0.05, 0.1) is 18.3 Å². The first kappa shape index (κ1) is 13.5. The van der Waals surface area contributed by atoms with E-state index in [1.54, 1.807) is 29.6 Å². The Morgan fingerprint density at radius 1 is 1.29 bits per heavy atom. The molecule has 0 saturated heterocycles. The smallest absolute Gasteiger partial charge is 0.260 e. The number of carbonyl (C=O) groups excluding carboxylic acids is 1. The summed E-state index contributed by atoms with van der Waals surface area (Å²) in [5.74, 6) is 0.967. The molecule has 5 heteroatoms. The zero-order valence-electron chi connectivity index (χ0n) is 12.1. The fourth-order valence-corrected chi connectivity index (χ4v) is 2.31. The number of carbonyl (C=O) groups is 1. The van der Waals surface area contributed by atoms with Crippen LogP contribution in [0.4, 0.5) is 5.69 Å². The van der Waals surface area contributed by atoms with E-state index in [1.807, 2.05) is 12.1 Å². The van der Waals surface area contributed by atoms with Gasteiger partial charge >= 0.3 is 0 Å². The molecule has 2 aromatic rings. The predicted octanol–water partition coefficient (Wildman–Crippen LogP) is 2.64. The Morgan fingerprint density at radius 2 is 2.14 bits per heavy atom. The quantitative estimate of drug-likeness (QED) is 0.850. The Morgan fingerprint density at radius 3 is 2.86 bits per heavy atom. The zero-order valence-corrected chi connectivity index (χ0v) is 12.1. The van der Waals surface area contributed by atoms with Gasteiger partial charge in [0.2, 0.25) is 0 Å². The maximum absolute atomic E-state index is 12.6. The first-order chi connectivity index (χ1) is 10.2. The zero-order chi connectivity index (χ0) is 14.8. The molecule has 1 amide bonds. The van der Waals surface area contributed by atoms with Gasteiger partial charge in [-0.1, -0.05) is 13.8 Å². The van der Waals surface area contributed by atoms with Gasteiger partial charge in [-0.25, -0.2) is 0 Å². The molecule has 0 bridgehead atoms. The molecule has 2 aromatic heterocycles. The topological polar surface area (TPSA) is 55.3 Å². The summed E-state index contributed by atoms with van der Waals surface area (Å²) in [4.78, 5) is 22.8. The summed E-state index contributed by atoms with van der Waals surface area (Å²) in [5, 5.41) is 0. The van der Waals surface area contributed by atoms with E-state index < -0.39 is 0 Å². The molecule has 0 spiro atoms. The summed E-state index contributed by atoms with van der Waals surface area (Å²) in [6.45, 7) is 5.16. The summed E-state index contributed by atoms with van der Waals surface area (Å²) >= 11 is 0. The van der Waals surface area contributed by atoms with E-state index in [1.165, 1.54) is 0 Å². The van der Waals surface area contributed by atoms with Crippen molar-refractivity contribution in [2.75, 3.05) is 18.1 Å². The Balaban J connectivity index is 1.89. The van der Waals surface area contributed by atoms with Crippen LogP contribution in [0.3, 0.4) is 0 Å². The van der Waals surface area contributed by atoms with Gasteiger partial charge in [-0.3, -0.25) is 14.8 Å². The van der Waals surface area contributed by atoms with Crippen LogP contribution in [0.25, 0.3) is 0 Å². The summed E-state index contributed by atoms with van der Waals surface area (Å²) in [7, 11) is 0. The van der Waals surface area contributed by atoms with E-state index in [0.29, 0.717) is 36.1 Å². The minimum Gasteiger partial charge on any atom is -0.489 e. The van der Waals surface area contributed by atoms with E-state index in [0.717, 1.165) is 5.69 Å². The monoisotopic (exact) mass is 283 g/mol. The molecule has 108 valence electrons.